The summed E-state index contributed by atoms with van der Waals surface area (Å²) in [5.74, 6) is -0.275. The Balaban J connectivity index is 1.63. The van der Waals surface area contributed by atoms with Crippen LogP contribution >= 0.6 is 23.2 Å². The van der Waals surface area contributed by atoms with E-state index in [1.807, 2.05) is 0 Å². The predicted octanol–water partition coefficient (Wildman–Crippen LogP) is 5.47. The summed E-state index contributed by atoms with van der Waals surface area (Å²) in [6, 6.07) is 6.51. The van der Waals surface area contributed by atoms with Gasteiger partial charge in [0.2, 0.25) is 5.89 Å². The van der Waals surface area contributed by atoms with E-state index in [1.54, 1.807) is 25.1 Å². The molecular formula is C25H23Cl2N7O5. The van der Waals surface area contributed by atoms with Gasteiger partial charge in [-0.1, -0.05) is 23.2 Å². The monoisotopic (exact) mass is 571 g/mol. The van der Waals surface area contributed by atoms with Crippen LogP contribution in [0.15, 0.2) is 47.3 Å². The summed E-state index contributed by atoms with van der Waals surface area (Å²) in [5.41, 5.74) is 1.20. The first-order valence-corrected chi connectivity index (χ1v) is 12.4. The summed E-state index contributed by atoms with van der Waals surface area (Å²) in [6.07, 6.45) is 4.55. The molecule has 4 aromatic rings. The average Bonchev–Trinajstić information content (AvgIpc) is 3.36. The van der Waals surface area contributed by atoms with Gasteiger partial charge in [-0.25, -0.2) is 19.7 Å². The first-order valence-electron chi connectivity index (χ1n) is 11.6. The van der Waals surface area contributed by atoms with Crippen molar-refractivity contribution in [1.29, 1.82) is 0 Å². The Labute approximate surface area is 232 Å². The Bertz CT molecular complexity index is 1510. The first kappa shape index (κ1) is 27.6. The van der Waals surface area contributed by atoms with Crippen LogP contribution < -0.4 is 16.0 Å². The minimum Gasteiger partial charge on any atom is -0.481 e. The first-order chi connectivity index (χ1) is 18.7. The van der Waals surface area contributed by atoms with Gasteiger partial charge < -0.3 is 30.6 Å². The molecule has 0 aliphatic rings. The largest absolute Gasteiger partial charge is 0.481 e. The van der Waals surface area contributed by atoms with Crippen molar-refractivity contribution in [3.05, 3.63) is 70.2 Å². The number of carboxylic acid groups (broad SMARTS) is 2. The van der Waals surface area contributed by atoms with Gasteiger partial charge >= 0.3 is 11.9 Å². The number of pyridine rings is 1. The van der Waals surface area contributed by atoms with Crippen LogP contribution in [0.25, 0.3) is 11.3 Å². The van der Waals surface area contributed by atoms with Crippen molar-refractivity contribution in [3.63, 3.8) is 0 Å². The van der Waals surface area contributed by atoms with Gasteiger partial charge in [0.1, 0.15) is 17.1 Å². The third-order valence-electron chi connectivity index (χ3n) is 5.35. The van der Waals surface area contributed by atoms with Crippen LogP contribution in [0.5, 0.6) is 0 Å². The minimum atomic E-state index is -1.16. The fourth-order valence-electron chi connectivity index (χ4n) is 3.57. The molecule has 0 amide bonds. The highest BCUT2D eigenvalue weighted by Gasteiger charge is 2.18. The number of hydrogen-bond acceptors (Lipinski definition) is 10. The number of benzene rings is 1. The van der Waals surface area contributed by atoms with Crippen LogP contribution in [0.2, 0.25) is 10.0 Å². The van der Waals surface area contributed by atoms with Crippen molar-refractivity contribution in [3.8, 4) is 11.3 Å². The smallest absolute Gasteiger partial charge is 0.339 e. The Kier molecular flexibility index (Phi) is 8.79. The molecule has 0 bridgehead atoms. The molecule has 12 nitrogen and oxygen atoms in total. The number of aromatic nitrogens is 4. The van der Waals surface area contributed by atoms with Gasteiger partial charge in [-0.15, -0.1) is 0 Å². The SMILES string of the molecule is Cc1nc(NCCCC(=O)O)c(NCc2ncc(-c3cc(Cl)ccc3Cl)o2)c(Nc2ccncc2C(=O)O)n1. The molecule has 0 aliphatic heterocycles. The van der Waals surface area contributed by atoms with Gasteiger partial charge in [-0.2, -0.15) is 0 Å². The van der Waals surface area contributed by atoms with E-state index in [4.69, 9.17) is 32.7 Å². The lowest BCUT2D eigenvalue weighted by Gasteiger charge is -2.18. The highest BCUT2D eigenvalue weighted by molar-refractivity contribution is 6.35. The number of anilines is 4. The lowest BCUT2D eigenvalue weighted by atomic mass is 10.2. The Morgan fingerprint density at radius 3 is 2.62 bits per heavy atom. The Morgan fingerprint density at radius 2 is 1.85 bits per heavy atom. The second-order valence-corrected chi connectivity index (χ2v) is 9.06. The number of hydrogen-bond donors (Lipinski definition) is 5. The molecule has 1 aromatic carbocycles. The molecule has 0 atom stereocenters. The van der Waals surface area contributed by atoms with Gasteiger partial charge in [0.15, 0.2) is 17.4 Å². The number of nitrogens with zero attached hydrogens (tertiary/aromatic N) is 4. The van der Waals surface area contributed by atoms with Crippen molar-refractivity contribution in [2.45, 2.75) is 26.3 Å². The van der Waals surface area contributed by atoms with Gasteiger partial charge in [0.25, 0.3) is 0 Å². The highest BCUT2D eigenvalue weighted by Crippen LogP contribution is 2.33. The molecule has 4 rings (SSSR count). The third kappa shape index (κ3) is 7.12. The molecule has 0 saturated carbocycles. The van der Waals surface area contributed by atoms with Gasteiger partial charge in [-0.05, 0) is 37.6 Å². The van der Waals surface area contributed by atoms with E-state index in [-0.39, 0.29) is 30.0 Å². The molecule has 0 spiro atoms. The molecule has 5 N–H and O–H groups in total. The number of carboxylic acids is 2. The number of aliphatic carboxylic acids is 1. The zero-order valence-electron chi connectivity index (χ0n) is 20.5. The van der Waals surface area contributed by atoms with Crippen molar-refractivity contribution >= 4 is 58.2 Å². The molecule has 3 aromatic heterocycles. The number of oxazole rings is 1. The van der Waals surface area contributed by atoms with E-state index < -0.39 is 11.9 Å². The number of aryl methyl sites for hydroxylation is 1. The van der Waals surface area contributed by atoms with Gasteiger partial charge in [0, 0.05) is 35.9 Å². The second-order valence-electron chi connectivity index (χ2n) is 8.21. The predicted molar refractivity (Wildman–Crippen MR) is 146 cm³/mol. The average molecular weight is 572 g/mol. The molecule has 0 aliphatic carbocycles. The maximum Gasteiger partial charge on any atom is 0.339 e. The number of aromatic carboxylic acids is 1. The molecule has 202 valence electrons. The lowest BCUT2D eigenvalue weighted by Crippen LogP contribution is -2.14. The van der Waals surface area contributed by atoms with E-state index in [0.29, 0.717) is 57.6 Å². The number of carbonyl (C=O) groups is 2. The number of nitrogens with one attached hydrogen (secondary N) is 3. The number of halogens is 2. The van der Waals surface area contributed by atoms with Crippen molar-refractivity contribution in [2.24, 2.45) is 0 Å². The van der Waals surface area contributed by atoms with Crippen LogP contribution in [0.4, 0.5) is 23.0 Å². The molecule has 39 heavy (non-hydrogen) atoms. The summed E-state index contributed by atoms with van der Waals surface area (Å²) in [6.45, 7) is 2.10. The van der Waals surface area contributed by atoms with E-state index in [1.165, 1.54) is 24.7 Å². The molecular weight excluding hydrogens is 549 g/mol. The quantitative estimate of drug-likeness (QED) is 0.136. The highest BCUT2D eigenvalue weighted by atomic mass is 35.5. The maximum absolute atomic E-state index is 11.7. The standard InChI is InChI=1S/C25H23Cl2N7O5/c1-13-32-23(29-7-2-3-21(35)36)22(24(33-13)34-18-6-8-28-10-16(18)25(37)38)31-12-20-30-11-19(39-20)15-9-14(26)4-5-17(15)27/h4-6,8-11,31H,2-3,7,12H2,1H3,(H,35,36)(H,37,38)(H2,28,29,32,33,34). The van der Waals surface area contributed by atoms with E-state index in [9.17, 15) is 14.7 Å². The zero-order chi connectivity index (χ0) is 27.9. The summed E-state index contributed by atoms with van der Waals surface area (Å²) >= 11 is 12.4. The summed E-state index contributed by atoms with van der Waals surface area (Å²) in [4.78, 5) is 39.7. The third-order valence-corrected chi connectivity index (χ3v) is 5.91. The van der Waals surface area contributed by atoms with Crippen LogP contribution in [-0.4, -0.2) is 48.6 Å². The van der Waals surface area contributed by atoms with Crippen molar-refractivity contribution in [2.75, 3.05) is 22.5 Å². The minimum absolute atomic E-state index is 0.0188. The van der Waals surface area contributed by atoms with Crippen LogP contribution in [0.1, 0.15) is 34.9 Å². The summed E-state index contributed by atoms with van der Waals surface area (Å²) in [7, 11) is 0. The molecule has 0 fully saturated rings. The summed E-state index contributed by atoms with van der Waals surface area (Å²) < 4.78 is 5.87. The molecule has 3 heterocycles. The lowest BCUT2D eigenvalue weighted by molar-refractivity contribution is -0.137. The second kappa shape index (κ2) is 12.4. The molecule has 0 saturated heterocycles. The fraction of sp³-hybridized carbons (Fsp3) is 0.200. The number of rotatable bonds is 12. The van der Waals surface area contributed by atoms with Crippen molar-refractivity contribution in [1.82, 2.24) is 19.9 Å². The topological polar surface area (TPSA) is 175 Å². The molecule has 14 heteroatoms. The Hall–Kier alpha value is -4.42. The van der Waals surface area contributed by atoms with E-state index in [2.05, 4.69) is 35.9 Å². The van der Waals surface area contributed by atoms with Crippen molar-refractivity contribution < 1.29 is 24.2 Å². The van der Waals surface area contributed by atoms with Crippen LogP contribution in [0, 0.1) is 6.92 Å². The van der Waals surface area contributed by atoms with Crippen LogP contribution in [-0.2, 0) is 11.3 Å². The molecule has 0 unspecified atom stereocenters. The zero-order valence-corrected chi connectivity index (χ0v) is 22.0. The van der Waals surface area contributed by atoms with Gasteiger partial charge in [-0.3, -0.25) is 9.78 Å². The maximum atomic E-state index is 11.7. The van der Waals surface area contributed by atoms with E-state index >= 15 is 0 Å². The van der Waals surface area contributed by atoms with Crippen LogP contribution in [0.3, 0.4) is 0 Å². The van der Waals surface area contributed by atoms with E-state index in [0.717, 1.165) is 0 Å². The summed E-state index contributed by atoms with van der Waals surface area (Å²) in [5, 5.41) is 28.8. The fourth-order valence-corrected chi connectivity index (χ4v) is 3.96. The normalized spacial score (nSPS) is 10.7. The Morgan fingerprint density at radius 1 is 1.05 bits per heavy atom. The molecule has 0 radical (unpaired) electrons. The van der Waals surface area contributed by atoms with Gasteiger partial charge in [0.05, 0.1) is 23.5 Å².